The number of benzene rings is 1. The molecule has 19 heavy (non-hydrogen) atoms. The van der Waals surface area contributed by atoms with Crippen LogP contribution in [0.15, 0.2) is 18.2 Å². The van der Waals surface area contributed by atoms with Crippen molar-refractivity contribution in [1.82, 2.24) is 5.32 Å². The SMILES string of the molecule is O=C(O)CNC(=O)Nc1cc(C(F)(F)F)ccc1Cl. The minimum absolute atomic E-state index is 0.0986. The van der Waals surface area contributed by atoms with E-state index >= 15 is 0 Å². The standard InChI is InChI=1S/C10H8ClF3N2O3/c11-6-2-1-5(10(12,13)14)3-7(6)16-9(19)15-4-8(17)18/h1-3H,4H2,(H,17,18)(H2,15,16,19). The first-order chi connectivity index (χ1) is 8.70. The maximum atomic E-state index is 12.4. The highest BCUT2D eigenvalue weighted by molar-refractivity contribution is 6.33. The van der Waals surface area contributed by atoms with Crippen molar-refractivity contribution in [3.05, 3.63) is 28.8 Å². The average molecular weight is 297 g/mol. The lowest BCUT2D eigenvalue weighted by Gasteiger charge is -2.11. The average Bonchev–Trinajstić information content (AvgIpc) is 2.28. The Bertz CT molecular complexity index is 505. The van der Waals surface area contributed by atoms with Gasteiger partial charge in [-0.3, -0.25) is 4.79 Å². The van der Waals surface area contributed by atoms with Crippen LogP contribution in [0.3, 0.4) is 0 Å². The van der Waals surface area contributed by atoms with Crippen molar-refractivity contribution in [2.24, 2.45) is 0 Å². The van der Waals surface area contributed by atoms with Crippen molar-refractivity contribution in [1.29, 1.82) is 0 Å². The zero-order valence-corrected chi connectivity index (χ0v) is 9.97. The summed E-state index contributed by atoms with van der Waals surface area (Å²) < 4.78 is 37.3. The van der Waals surface area contributed by atoms with Gasteiger partial charge in [-0.2, -0.15) is 13.2 Å². The number of aliphatic carboxylic acids is 1. The number of anilines is 1. The summed E-state index contributed by atoms with van der Waals surface area (Å²) in [5.41, 5.74) is -1.25. The molecule has 3 N–H and O–H groups in total. The summed E-state index contributed by atoms with van der Waals surface area (Å²) >= 11 is 5.63. The molecule has 2 amide bonds. The number of hydrogen-bond acceptors (Lipinski definition) is 2. The van der Waals surface area contributed by atoms with Gasteiger partial charge in [0.15, 0.2) is 0 Å². The molecule has 5 nitrogen and oxygen atoms in total. The van der Waals surface area contributed by atoms with Gasteiger partial charge in [-0.1, -0.05) is 11.6 Å². The Morgan fingerprint density at radius 2 is 1.95 bits per heavy atom. The fraction of sp³-hybridized carbons (Fsp3) is 0.200. The van der Waals surface area contributed by atoms with Crippen molar-refractivity contribution in [3.63, 3.8) is 0 Å². The van der Waals surface area contributed by atoms with Crippen molar-refractivity contribution in [3.8, 4) is 0 Å². The summed E-state index contributed by atoms with van der Waals surface area (Å²) in [5.74, 6) is -1.29. The zero-order chi connectivity index (χ0) is 14.6. The van der Waals surface area contributed by atoms with Crippen LogP contribution < -0.4 is 10.6 Å². The van der Waals surface area contributed by atoms with E-state index in [1.165, 1.54) is 0 Å². The summed E-state index contributed by atoms with van der Waals surface area (Å²) in [6, 6.07) is 1.44. The maximum absolute atomic E-state index is 12.4. The van der Waals surface area contributed by atoms with Crippen LogP contribution >= 0.6 is 11.6 Å². The Kier molecular flexibility index (Phi) is 4.60. The van der Waals surface area contributed by atoms with E-state index in [-0.39, 0.29) is 10.7 Å². The molecule has 0 fully saturated rings. The molecule has 0 saturated heterocycles. The molecule has 1 aromatic carbocycles. The second-order valence-electron chi connectivity index (χ2n) is 3.39. The smallest absolute Gasteiger partial charge is 0.416 e. The van der Waals surface area contributed by atoms with Crippen molar-refractivity contribution in [2.75, 3.05) is 11.9 Å². The molecule has 0 heterocycles. The van der Waals surface area contributed by atoms with Gasteiger partial charge in [-0.25, -0.2) is 4.79 Å². The number of amides is 2. The predicted molar refractivity (Wildman–Crippen MR) is 61.1 cm³/mol. The summed E-state index contributed by atoms with van der Waals surface area (Å²) in [7, 11) is 0. The number of halogens is 4. The normalized spacial score (nSPS) is 10.9. The Hall–Kier alpha value is -1.96. The molecular weight excluding hydrogens is 289 g/mol. The van der Waals surface area contributed by atoms with E-state index in [0.717, 1.165) is 12.1 Å². The second kappa shape index (κ2) is 5.79. The molecule has 0 aliphatic heterocycles. The molecule has 0 atom stereocenters. The van der Waals surface area contributed by atoms with E-state index in [2.05, 4.69) is 0 Å². The molecule has 0 aliphatic rings. The topological polar surface area (TPSA) is 78.4 Å². The largest absolute Gasteiger partial charge is 0.480 e. The fourth-order valence-corrected chi connectivity index (χ4v) is 1.28. The molecule has 0 saturated carbocycles. The van der Waals surface area contributed by atoms with Gasteiger partial charge in [0.2, 0.25) is 0 Å². The summed E-state index contributed by atoms with van der Waals surface area (Å²) in [5, 5.41) is 12.2. The lowest BCUT2D eigenvalue weighted by atomic mass is 10.2. The van der Waals surface area contributed by atoms with E-state index in [4.69, 9.17) is 16.7 Å². The fourth-order valence-electron chi connectivity index (χ4n) is 1.12. The third-order valence-corrected chi connectivity index (χ3v) is 2.27. The molecule has 1 aromatic rings. The highest BCUT2D eigenvalue weighted by atomic mass is 35.5. The minimum Gasteiger partial charge on any atom is -0.480 e. The van der Waals surface area contributed by atoms with E-state index in [9.17, 15) is 22.8 Å². The number of urea groups is 1. The van der Waals surface area contributed by atoms with E-state index in [1.54, 1.807) is 0 Å². The van der Waals surface area contributed by atoms with Gasteiger partial charge in [-0.15, -0.1) is 0 Å². The van der Waals surface area contributed by atoms with Crippen LogP contribution in [-0.4, -0.2) is 23.7 Å². The lowest BCUT2D eigenvalue weighted by molar-refractivity contribution is -0.137. The molecule has 0 spiro atoms. The summed E-state index contributed by atoms with van der Waals surface area (Å²) in [4.78, 5) is 21.4. The van der Waals surface area contributed by atoms with Gasteiger partial charge >= 0.3 is 18.2 Å². The van der Waals surface area contributed by atoms with Crippen molar-refractivity contribution >= 4 is 29.3 Å². The molecule has 1 rings (SSSR count). The van der Waals surface area contributed by atoms with Gasteiger partial charge in [0.25, 0.3) is 0 Å². The number of nitrogens with one attached hydrogen (secondary N) is 2. The third kappa shape index (κ3) is 4.66. The second-order valence-corrected chi connectivity index (χ2v) is 3.80. The number of carbonyl (C=O) groups excluding carboxylic acids is 1. The number of alkyl halides is 3. The zero-order valence-electron chi connectivity index (χ0n) is 9.21. The highest BCUT2D eigenvalue weighted by Crippen LogP contribution is 2.33. The number of carboxylic acids is 1. The third-order valence-electron chi connectivity index (χ3n) is 1.94. The van der Waals surface area contributed by atoms with Crippen LogP contribution in [-0.2, 0) is 11.0 Å². The van der Waals surface area contributed by atoms with Crippen LogP contribution in [0.2, 0.25) is 5.02 Å². The predicted octanol–water partition coefficient (Wildman–Crippen LogP) is 2.56. The van der Waals surface area contributed by atoms with E-state index < -0.39 is 30.3 Å². The highest BCUT2D eigenvalue weighted by Gasteiger charge is 2.31. The molecule has 0 unspecified atom stereocenters. The first-order valence-corrected chi connectivity index (χ1v) is 5.21. The molecule has 0 aromatic heterocycles. The van der Waals surface area contributed by atoms with Gasteiger partial charge in [0.1, 0.15) is 6.54 Å². The Morgan fingerprint density at radius 1 is 1.32 bits per heavy atom. The van der Waals surface area contributed by atoms with Gasteiger partial charge in [0.05, 0.1) is 16.3 Å². The molecule has 0 radical (unpaired) electrons. The van der Waals surface area contributed by atoms with Gasteiger partial charge in [0, 0.05) is 0 Å². The van der Waals surface area contributed by atoms with Crippen molar-refractivity contribution < 1.29 is 27.9 Å². The van der Waals surface area contributed by atoms with Crippen LogP contribution in [0.5, 0.6) is 0 Å². The monoisotopic (exact) mass is 296 g/mol. The van der Waals surface area contributed by atoms with Crippen LogP contribution in [0.4, 0.5) is 23.7 Å². The molecular formula is C10H8ClF3N2O3. The molecule has 104 valence electrons. The summed E-state index contributed by atoms with van der Waals surface area (Å²) in [6.07, 6.45) is -4.57. The minimum atomic E-state index is -4.57. The Balaban J connectivity index is 2.83. The number of rotatable bonds is 3. The van der Waals surface area contributed by atoms with Crippen LogP contribution in [0, 0.1) is 0 Å². The lowest BCUT2D eigenvalue weighted by Crippen LogP contribution is -2.33. The van der Waals surface area contributed by atoms with Crippen LogP contribution in [0.1, 0.15) is 5.56 Å². The number of carboxylic acid groups (broad SMARTS) is 1. The number of carbonyl (C=O) groups is 2. The molecule has 9 heteroatoms. The first kappa shape index (κ1) is 15.1. The van der Waals surface area contributed by atoms with E-state index in [0.29, 0.717) is 6.07 Å². The quantitative estimate of drug-likeness (QED) is 0.802. The first-order valence-electron chi connectivity index (χ1n) is 4.83. The Labute approximate surface area is 110 Å². The maximum Gasteiger partial charge on any atom is 0.416 e. The molecule has 0 bridgehead atoms. The van der Waals surface area contributed by atoms with Gasteiger partial charge in [-0.05, 0) is 18.2 Å². The number of hydrogen-bond donors (Lipinski definition) is 3. The van der Waals surface area contributed by atoms with E-state index in [1.807, 2.05) is 10.6 Å². The van der Waals surface area contributed by atoms with Crippen molar-refractivity contribution in [2.45, 2.75) is 6.18 Å². The summed E-state index contributed by atoms with van der Waals surface area (Å²) in [6.45, 7) is -0.664. The van der Waals surface area contributed by atoms with Crippen LogP contribution in [0.25, 0.3) is 0 Å². The molecule has 0 aliphatic carbocycles. The van der Waals surface area contributed by atoms with Gasteiger partial charge < -0.3 is 15.7 Å². The Morgan fingerprint density at radius 3 is 2.47 bits per heavy atom.